The zero-order valence-electron chi connectivity index (χ0n) is 19.4. The number of ether oxygens (including phenoxy) is 1. The molecule has 0 atom stereocenters. The van der Waals surface area contributed by atoms with Crippen molar-refractivity contribution >= 4 is 34.1 Å². The molecule has 35 heavy (non-hydrogen) atoms. The van der Waals surface area contributed by atoms with Crippen molar-refractivity contribution in [3.8, 4) is 5.88 Å². The van der Waals surface area contributed by atoms with Gasteiger partial charge in [-0.25, -0.2) is 9.78 Å². The number of fused-ring (bicyclic) bond motifs is 1. The van der Waals surface area contributed by atoms with E-state index in [2.05, 4.69) is 15.2 Å². The molecule has 4 aromatic rings. The van der Waals surface area contributed by atoms with Gasteiger partial charge in [-0.1, -0.05) is 30.3 Å². The molecule has 1 aliphatic carbocycles. The monoisotopic (exact) mass is 469 g/mol. The van der Waals surface area contributed by atoms with Crippen molar-refractivity contribution in [2.24, 2.45) is 5.92 Å². The van der Waals surface area contributed by atoms with E-state index >= 15 is 0 Å². The van der Waals surface area contributed by atoms with Gasteiger partial charge in [-0.2, -0.15) is 4.39 Å². The van der Waals surface area contributed by atoms with Crippen LogP contribution >= 0.6 is 0 Å². The van der Waals surface area contributed by atoms with Crippen LogP contribution in [0.15, 0.2) is 60.8 Å². The average Bonchev–Trinajstić information content (AvgIpc) is 3.64. The van der Waals surface area contributed by atoms with Crippen LogP contribution in [0.25, 0.3) is 28.1 Å². The molecule has 176 valence electrons. The highest BCUT2D eigenvalue weighted by Crippen LogP contribution is 2.48. The molecule has 2 N–H and O–H groups in total. The number of halogens is 1. The topological polar surface area (TPSA) is 88.1 Å². The SMILES string of the molecule is COc1cc(C)c(C(=C(c2ccc(C=CC(=O)O)cc2)c2ccc3[nH]nc(F)c3c2)C2CC2)cn1. The molecule has 0 saturated heterocycles. The van der Waals surface area contributed by atoms with Crippen molar-refractivity contribution < 1.29 is 19.0 Å². The third-order valence-electron chi connectivity index (χ3n) is 6.26. The molecule has 2 aromatic heterocycles. The van der Waals surface area contributed by atoms with E-state index in [0.29, 0.717) is 22.7 Å². The van der Waals surface area contributed by atoms with Gasteiger partial charge in [0.25, 0.3) is 0 Å². The van der Waals surface area contributed by atoms with Gasteiger partial charge in [0.05, 0.1) is 18.0 Å². The first kappa shape index (κ1) is 22.5. The van der Waals surface area contributed by atoms with Crippen molar-refractivity contribution in [3.63, 3.8) is 0 Å². The molecule has 0 spiro atoms. The van der Waals surface area contributed by atoms with Crippen LogP contribution in [0.2, 0.25) is 0 Å². The second kappa shape index (κ2) is 9.18. The van der Waals surface area contributed by atoms with Crippen LogP contribution in [0.5, 0.6) is 5.88 Å². The average molecular weight is 470 g/mol. The fraction of sp³-hybridized carbons (Fsp3) is 0.179. The lowest BCUT2D eigenvalue weighted by Gasteiger charge is -2.19. The van der Waals surface area contributed by atoms with Gasteiger partial charge in [-0.3, -0.25) is 5.10 Å². The number of carboxylic acid groups (broad SMARTS) is 1. The minimum Gasteiger partial charge on any atom is -0.481 e. The molecule has 1 saturated carbocycles. The van der Waals surface area contributed by atoms with Crippen LogP contribution in [-0.4, -0.2) is 33.4 Å². The van der Waals surface area contributed by atoms with Crippen molar-refractivity contribution in [2.45, 2.75) is 19.8 Å². The van der Waals surface area contributed by atoms with Crippen LogP contribution in [-0.2, 0) is 4.79 Å². The summed E-state index contributed by atoms with van der Waals surface area (Å²) < 4.78 is 19.7. The number of aromatic nitrogens is 3. The lowest BCUT2D eigenvalue weighted by Crippen LogP contribution is -2.01. The second-order valence-electron chi connectivity index (χ2n) is 8.67. The number of H-pyrrole nitrogens is 1. The largest absolute Gasteiger partial charge is 0.481 e. The zero-order valence-corrected chi connectivity index (χ0v) is 19.4. The van der Waals surface area contributed by atoms with Gasteiger partial charge in [0.1, 0.15) is 0 Å². The number of pyridine rings is 1. The zero-order chi connectivity index (χ0) is 24.5. The van der Waals surface area contributed by atoms with E-state index in [0.717, 1.165) is 57.9 Å². The highest BCUT2D eigenvalue weighted by Gasteiger charge is 2.32. The van der Waals surface area contributed by atoms with Gasteiger partial charge < -0.3 is 9.84 Å². The third kappa shape index (κ3) is 4.57. The van der Waals surface area contributed by atoms with E-state index in [9.17, 15) is 9.18 Å². The molecule has 5 rings (SSSR count). The predicted octanol–water partition coefficient (Wildman–Crippen LogP) is 5.88. The maximum absolute atomic E-state index is 14.4. The number of carbonyl (C=O) groups is 1. The molecular formula is C28H24FN3O3. The van der Waals surface area contributed by atoms with Crippen molar-refractivity contribution in [1.29, 1.82) is 0 Å². The fourth-order valence-electron chi connectivity index (χ4n) is 4.40. The summed E-state index contributed by atoms with van der Waals surface area (Å²) in [6.07, 6.45) is 6.64. The van der Waals surface area contributed by atoms with Gasteiger partial charge in [0.2, 0.25) is 11.8 Å². The van der Waals surface area contributed by atoms with Gasteiger partial charge in [0.15, 0.2) is 0 Å². The number of nitrogens with zero attached hydrogens (tertiary/aromatic N) is 2. The summed E-state index contributed by atoms with van der Waals surface area (Å²) in [6, 6.07) is 15.3. The van der Waals surface area contributed by atoms with E-state index in [1.807, 2.05) is 61.7 Å². The highest BCUT2D eigenvalue weighted by molar-refractivity contribution is 6.02. The Morgan fingerprint density at radius 3 is 2.54 bits per heavy atom. The molecule has 1 aliphatic rings. The molecular weight excluding hydrogens is 445 g/mol. The molecule has 0 unspecified atom stereocenters. The number of nitrogens with one attached hydrogen (secondary N) is 1. The van der Waals surface area contributed by atoms with E-state index < -0.39 is 11.9 Å². The number of aryl methyl sites for hydroxylation is 1. The maximum Gasteiger partial charge on any atom is 0.328 e. The molecule has 0 amide bonds. The smallest absolute Gasteiger partial charge is 0.328 e. The predicted molar refractivity (Wildman–Crippen MR) is 133 cm³/mol. The van der Waals surface area contributed by atoms with E-state index in [1.54, 1.807) is 13.2 Å². The first-order valence-corrected chi connectivity index (χ1v) is 11.3. The second-order valence-corrected chi connectivity index (χ2v) is 8.67. The summed E-state index contributed by atoms with van der Waals surface area (Å²) in [5, 5.41) is 15.8. The van der Waals surface area contributed by atoms with E-state index in [4.69, 9.17) is 9.84 Å². The summed E-state index contributed by atoms with van der Waals surface area (Å²) in [7, 11) is 1.60. The number of aliphatic carboxylic acids is 1. The van der Waals surface area contributed by atoms with Gasteiger partial charge in [-0.15, -0.1) is 5.10 Å². The van der Waals surface area contributed by atoms with Crippen LogP contribution in [0.1, 0.15) is 40.7 Å². The molecule has 7 heteroatoms. The molecule has 2 aromatic carbocycles. The number of hydrogen-bond acceptors (Lipinski definition) is 4. The Kier molecular flexibility index (Phi) is 5.91. The number of carboxylic acids is 1. The number of methoxy groups -OCH3 is 1. The summed E-state index contributed by atoms with van der Waals surface area (Å²) in [6.45, 7) is 2.04. The van der Waals surface area contributed by atoms with Crippen molar-refractivity contribution in [3.05, 3.63) is 94.6 Å². The van der Waals surface area contributed by atoms with Crippen LogP contribution in [0, 0.1) is 18.8 Å². The molecule has 1 fully saturated rings. The van der Waals surface area contributed by atoms with Gasteiger partial charge >= 0.3 is 5.97 Å². The van der Waals surface area contributed by atoms with Gasteiger partial charge in [-0.05, 0) is 77.3 Å². The van der Waals surface area contributed by atoms with Crippen LogP contribution in [0.4, 0.5) is 4.39 Å². The minimum absolute atomic E-state index is 0.357. The van der Waals surface area contributed by atoms with Crippen molar-refractivity contribution in [1.82, 2.24) is 15.2 Å². The maximum atomic E-state index is 14.4. The van der Waals surface area contributed by atoms with E-state index in [1.165, 1.54) is 0 Å². The number of aromatic amines is 1. The Labute approximate surface area is 201 Å². The van der Waals surface area contributed by atoms with Crippen LogP contribution in [0.3, 0.4) is 0 Å². The molecule has 0 aliphatic heterocycles. The number of benzene rings is 2. The Morgan fingerprint density at radius 2 is 1.89 bits per heavy atom. The number of hydrogen-bond donors (Lipinski definition) is 2. The normalized spacial score (nSPS) is 14.4. The highest BCUT2D eigenvalue weighted by atomic mass is 19.1. The Bertz CT molecular complexity index is 1480. The fourth-order valence-corrected chi connectivity index (χ4v) is 4.40. The standard InChI is InChI=1S/C28H24FN3O3/c1-16-13-24(35-2)30-15-22(16)27(19-8-9-19)26(18-6-3-17(4-7-18)5-12-25(33)34)20-10-11-23-21(14-20)28(29)32-31-23/h3-7,10-15,19H,8-9H2,1-2H3,(H,31,32)(H,33,34). The first-order chi connectivity index (χ1) is 16.9. The minimum atomic E-state index is -0.997. The molecule has 0 bridgehead atoms. The summed E-state index contributed by atoms with van der Waals surface area (Å²) in [5.41, 5.74) is 7.49. The number of allylic oxidation sites excluding steroid dienone is 1. The van der Waals surface area contributed by atoms with Crippen molar-refractivity contribution in [2.75, 3.05) is 7.11 Å². The third-order valence-corrected chi connectivity index (χ3v) is 6.26. The Hall–Kier alpha value is -4.26. The van der Waals surface area contributed by atoms with Crippen LogP contribution < -0.4 is 4.74 Å². The Balaban J connectivity index is 1.74. The molecule has 0 radical (unpaired) electrons. The lowest BCUT2D eigenvalue weighted by molar-refractivity contribution is -0.131. The molecule has 6 nitrogen and oxygen atoms in total. The summed E-state index contributed by atoms with van der Waals surface area (Å²) in [5.74, 6) is -0.621. The summed E-state index contributed by atoms with van der Waals surface area (Å²) >= 11 is 0. The summed E-state index contributed by atoms with van der Waals surface area (Å²) in [4.78, 5) is 15.4. The molecule has 2 heterocycles. The number of rotatable bonds is 7. The first-order valence-electron chi connectivity index (χ1n) is 11.3. The Morgan fingerprint density at radius 1 is 1.14 bits per heavy atom. The van der Waals surface area contributed by atoms with E-state index in [-0.39, 0.29) is 0 Å². The van der Waals surface area contributed by atoms with Gasteiger partial charge in [0, 0.05) is 23.9 Å². The quantitative estimate of drug-likeness (QED) is 0.330. The lowest BCUT2D eigenvalue weighted by atomic mass is 9.85.